The van der Waals surface area contributed by atoms with Crippen LogP contribution >= 0.6 is 0 Å². The van der Waals surface area contributed by atoms with E-state index in [1.807, 2.05) is 0 Å². The Morgan fingerprint density at radius 2 is 2.11 bits per heavy atom. The van der Waals surface area contributed by atoms with E-state index in [9.17, 15) is 4.79 Å². The van der Waals surface area contributed by atoms with E-state index in [0.29, 0.717) is 12.0 Å². The lowest BCUT2D eigenvalue weighted by Gasteiger charge is -2.21. The molecule has 0 aromatic heterocycles. The van der Waals surface area contributed by atoms with Gasteiger partial charge in [-0.25, -0.2) is 0 Å². The molecule has 0 aromatic carbocycles. The highest BCUT2D eigenvalue weighted by Gasteiger charge is 2.34. The van der Waals surface area contributed by atoms with E-state index in [0.717, 1.165) is 45.2 Å². The Hall–Kier alpha value is -0.610. The van der Waals surface area contributed by atoms with Gasteiger partial charge in [0.05, 0.1) is 17.6 Å². The zero-order valence-corrected chi connectivity index (χ0v) is 11.4. The van der Waals surface area contributed by atoms with Gasteiger partial charge in [0, 0.05) is 6.54 Å². The van der Waals surface area contributed by atoms with Crippen molar-refractivity contribution in [3.8, 4) is 0 Å². The van der Waals surface area contributed by atoms with Gasteiger partial charge < -0.3 is 15.2 Å². The molecule has 0 spiro atoms. The lowest BCUT2D eigenvalue weighted by molar-refractivity contribution is -0.142. The van der Waals surface area contributed by atoms with E-state index >= 15 is 0 Å². The molecule has 2 fully saturated rings. The minimum atomic E-state index is -0.627. The molecule has 2 aliphatic rings. The number of carboxylic acid groups (broad SMARTS) is 1. The molecule has 3 atom stereocenters. The van der Waals surface area contributed by atoms with Crippen molar-refractivity contribution in [2.24, 2.45) is 11.8 Å². The second-order valence-corrected chi connectivity index (χ2v) is 6.33. The number of carbonyl (C=O) groups is 1. The Labute approximate surface area is 109 Å². The van der Waals surface area contributed by atoms with Crippen molar-refractivity contribution >= 4 is 5.97 Å². The highest BCUT2D eigenvalue weighted by Crippen LogP contribution is 2.32. The van der Waals surface area contributed by atoms with Crippen LogP contribution in [0.2, 0.25) is 0 Å². The quantitative estimate of drug-likeness (QED) is 0.789. The zero-order chi connectivity index (χ0) is 13.2. The molecule has 18 heavy (non-hydrogen) atoms. The lowest BCUT2D eigenvalue weighted by atomic mass is 9.96. The minimum absolute atomic E-state index is 0.0172. The van der Waals surface area contributed by atoms with Gasteiger partial charge in [0.25, 0.3) is 0 Å². The summed E-state index contributed by atoms with van der Waals surface area (Å²) >= 11 is 0. The number of rotatable bonds is 5. The smallest absolute Gasteiger partial charge is 0.306 e. The molecule has 3 unspecified atom stereocenters. The van der Waals surface area contributed by atoms with Gasteiger partial charge in [-0.3, -0.25) is 4.79 Å². The molecule has 2 N–H and O–H groups in total. The Morgan fingerprint density at radius 1 is 1.33 bits per heavy atom. The standard InChI is InChI=1S/C14H25NO3/c1-14(2)7-6-11(18-14)9-15-8-10-4-3-5-12(10)13(16)17/h10-12,15H,3-9H2,1-2H3,(H,16,17). The van der Waals surface area contributed by atoms with Crippen molar-refractivity contribution in [1.82, 2.24) is 5.32 Å². The summed E-state index contributed by atoms with van der Waals surface area (Å²) < 4.78 is 5.91. The van der Waals surface area contributed by atoms with E-state index in [1.165, 1.54) is 0 Å². The summed E-state index contributed by atoms with van der Waals surface area (Å²) in [6.07, 6.45) is 5.45. The van der Waals surface area contributed by atoms with Crippen LogP contribution < -0.4 is 5.32 Å². The van der Waals surface area contributed by atoms with Crippen molar-refractivity contribution in [2.75, 3.05) is 13.1 Å². The van der Waals surface area contributed by atoms with Gasteiger partial charge in [0.1, 0.15) is 0 Å². The number of carboxylic acids is 1. The van der Waals surface area contributed by atoms with E-state index in [2.05, 4.69) is 19.2 Å². The van der Waals surface area contributed by atoms with Crippen LogP contribution in [0, 0.1) is 11.8 Å². The predicted octanol–water partition coefficient (Wildman–Crippen LogP) is 2.03. The van der Waals surface area contributed by atoms with Crippen LogP contribution in [-0.2, 0) is 9.53 Å². The fourth-order valence-corrected chi connectivity index (χ4v) is 3.26. The summed E-state index contributed by atoms with van der Waals surface area (Å²) in [7, 11) is 0. The summed E-state index contributed by atoms with van der Waals surface area (Å²) in [5.41, 5.74) is 0.0172. The van der Waals surface area contributed by atoms with Crippen molar-refractivity contribution in [1.29, 1.82) is 0 Å². The Balaban J connectivity index is 1.68. The Bertz CT molecular complexity index is 303. The van der Waals surface area contributed by atoms with Gasteiger partial charge in [-0.2, -0.15) is 0 Å². The molecule has 104 valence electrons. The summed E-state index contributed by atoms with van der Waals surface area (Å²) in [5, 5.41) is 12.5. The van der Waals surface area contributed by atoms with Gasteiger partial charge >= 0.3 is 5.97 Å². The first-order valence-corrected chi connectivity index (χ1v) is 7.09. The molecule has 1 saturated heterocycles. The third kappa shape index (κ3) is 3.45. The van der Waals surface area contributed by atoms with Crippen molar-refractivity contribution in [3.05, 3.63) is 0 Å². The highest BCUT2D eigenvalue weighted by atomic mass is 16.5. The van der Waals surface area contributed by atoms with Crippen molar-refractivity contribution < 1.29 is 14.6 Å². The summed E-state index contributed by atoms with van der Waals surface area (Å²) in [5.74, 6) is -0.465. The normalized spacial score (nSPS) is 34.9. The summed E-state index contributed by atoms with van der Waals surface area (Å²) in [6, 6.07) is 0. The van der Waals surface area contributed by atoms with Crippen LogP contribution in [0.15, 0.2) is 0 Å². The minimum Gasteiger partial charge on any atom is -0.481 e. The molecule has 2 rings (SSSR count). The molecule has 0 radical (unpaired) electrons. The average molecular weight is 255 g/mol. The number of ether oxygens (including phenoxy) is 1. The molecule has 0 aromatic rings. The van der Waals surface area contributed by atoms with Crippen LogP contribution in [0.1, 0.15) is 46.0 Å². The van der Waals surface area contributed by atoms with Gasteiger partial charge in [-0.1, -0.05) is 6.42 Å². The largest absolute Gasteiger partial charge is 0.481 e. The van der Waals surface area contributed by atoms with E-state index in [-0.39, 0.29) is 11.5 Å². The van der Waals surface area contributed by atoms with Crippen LogP contribution in [0.5, 0.6) is 0 Å². The molecule has 4 heteroatoms. The SMILES string of the molecule is CC1(C)CCC(CNCC2CCCC2C(=O)O)O1. The van der Waals surface area contributed by atoms with Gasteiger partial charge in [-0.05, 0) is 52.0 Å². The van der Waals surface area contributed by atoms with Crippen LogP contribution in [0.3, 0.4) is 0 Å². The monoisotopic (exact) mass is 255 g/mol. The molecular weight excluding hydrogens is 230 g/mol. The molecule has 1 aliphatic heterocycles. The van der Waals surface area contributed by atoms with E-state index in [4.69, 9.17) is 9.84 Å². The maximum absolute atomic E-state index is 11.1. The number of aliphatic carboxylic acids is 1. The van der Waals surface area contributed by atoms with Crippen LogP contribution in [-0.4, -0.2) is 35.9 Å². The first kappa shape index (κ1) is 13.8. The Kier molecular flexibility index (Phi) is 4.28. The van der Waals surface area contributed by atoms with E-state index in [1.54, 1.807) is 0 Å². The molecule has 1 heterocycles. The van der Waals surface area contributed by atoms with Crippen molar-refractivity contribution in [2.45, 2.75) is 57.7 Å². The first-order valence-electron chi connectivity index (χ1n) is 7.09. The third-order valence-electron chi connectivity index (χ3n) is 4.31. The van der Waals surface area contributed by atoms with E-state index < -0.39 is 5.97 Å². The average Bonchev–Trinajstić information content (AvgIpc) is 2.85. The lowest BCUT2D eigenvalue weighted by Crippen LogP contribution is -2.34. The predicted molar refractivity (Wildman–Crippen MR) is 69.5 cm³/mol. The van der Waals surface area contributed by atoms with Crippen molar-refractivity contribution in [3.63, 3.8) is 0 Å². The first-order chi connectivity index (χ1) is 8.48. The fraction of sp³-hybridized carbons (Fsp3) is 0.929. The molecular formula is C14H25NO3. The molecule has 0 amide bonds. The molecule has 1 saturated carbocycles. The maximum Gasteiger partial charge on any atom is 0.306 e. The molecule has 0 bridgehead atoms. The summed E-state index contributed by atoms with van der Waals surface area (Å²) in [6.45, 7) is 5.93. The molecule has 4 nitrogen and oxygen atoms in total. The van der Waals surface area contributed by atoms with Gasteiger partial charge in [0.15, 0.2) is 0 Å². The van der Waals surface area contributed by atoms with Gasteiger partial charge in [-0.15, -0.1) is 0 Å². The number of hydrogen-bond donors (Lipinski definition) is 2. The van der Waals surface area contributed by atoms with Gasteiger partial charge in [0.2, 0.25) is 0 Å². The van der Waals surface area contributed by atoms with Crippen LogP contribution in [0.4, 0.5) is 0 Å². The van der Waals surface area contributed by atoms with Crippen LogP contribution in [0.25, 0.3) is 0 Å². The maximum atomic E-state index is 11.1. The number of nitrogens with one attached hydrogen (secondary N) is 1. The fourth-order valence-electron chi connectivity index (χ4n) is 3.26. The molecule has 1 aliphatic carbocycles. The third-order valence-corrected chi connectivity index (χ3v) is 4.31. The topological polar surface area (TPSA) is 58.6 Å². The second-order valence-electron chi connectivity index (χ2n) is 6.33. The second kappa shape index (κ2) is 5.57. The highest BCUT2D eigenvalue weighted by molar-refractivity contribution is 5.70. The Morgan fingerprint density at radius 3 is 2.72 bits per heavy atom. The summed E-state index contributed by atoms with van der Waals surface area (Å²) in [4.78, 5) is 11.1. The number of hydrogen-bond acceptors (Lipinski definition) is 3. The zero-order valence-electron chi connectivity index (χ0n) is 11.4.